The Bertz CT molecular complexity index is 906. The number of halogens is 1. The Hall–Kier alpha value is -2.55. The van der Waals surface area contributed by atoms with Crippen molar-refractivity contribution in [1.82, 2.24) is 14.9 Å². The number of nitrogens with two attached hydrogens (primary N) is 1. The van der Waals surface area contributed by atoms with Crippen molar-refractivity contribution in [2.45, 2.75) is 69.8 Å². The zero-order valence-electron chi connectivity index (χ0n) is 17.4. The number of benzene rings is 1. The number of carbonyl (C=O) groups excluding carboxylic acids is 1. The van der Waals surface area contributed by atoms with Crippen molar-refractivity contribution in [1.29, 1.82) is 0 Å². The maximum atomic E-state index is 14.3. The van der Waals surface area contributed by atoms with E-state index in [1.807, 2.05) is 18.5 Å². The van der Waals surface area contributed by atoms with Crippen LogP contribution in [0.1, 0.15) is 45.4 Å². The van der Waals surface area contributed by atoms with Crippen LogP contribution in [-0.4, -0.2) is 46.5 Å². The Kier molecular flexibility index (Phi) is 5.99. The van der Waals surface area contributed by atoms with Crippen LogP contribution in [-0.2, 0) is 11.8 Å². The predicted molar refractivity (Wildman–Crippen MR) is 109 cm³/mol. The molecular weight excluding hydrogens is 391 g/mol. The first-order valence-corrected chi connectivity index (χ1v) is 10.6. The Labute approximate surface area is 174 Å². The number of imidazole rings is 1. The fourth-order valence-corrected chi connectivity index (χ4v) is 3.76. The molecule has 2 aromatic rings. The van der Waals surface area contributed by atoms with Crippen LogP contribution < -0.4 is 20.5 Å². The highest BCUT2D eigenvalue weighted by atomic mass is 19.1. The molecule has 1 aromatic carbocycles. The summed E-state index contributed by atoms with van der Waals surface area (Å²) >= 11 is 0. The third-order valence-corrected chi connectivity index (χ3v) is 5.58. The van der Waals surface area contributed by atoms with Gasteiger partial charge in [-0.1, -0.05) is 0 Å². The van der Waals surface area contributed by atoms with Gasteiger partial charge in [0.05, 0.1) is 35.9 Å². The van der Waals surface area contributed by atoms with E-state index < -0.39 is 11.8 Å². The van der Waals surface area contributed by atoms with Gasteiger partial charge in [-0.2, -0.15) is 4.98 Å². The number of urea groups is 1. The van der Waals surface area contributed by atoms with E-state index in [0.717, 1.165) is 44.0 Å². The van der Waals surface area contributed by atoms with E-state index in [-0.39, 0.29) is 30.1 Å². The first-order valence-electron chi connectivity index (χ1n) is 10.6. The number of rotatable bonds is 8. The van der Waals surface area contributed by atoms with E-state index in [1.165, 1.54) is 6.07 Å². The van der Waals surface area contributed by atoms with Crippen LogP contribution >= 0.6 is 0 Å². The molecular formula is C21H29FN4O4. The maximum absolute atomic E-state index is 14.3. The summed E-state index contributed by atoms with van der Waals surface area (Å²) in [5.74, 6) is -0.117. The minimum absolute atomic E-state index is 0.0357. The topological polar surface area (TPSA) is 101 Å². The molecule has 8 nitrogen and oxygen atoms in total. The average molecular weight is 420 g/mol. The van der Waals surface area contributed by atoms with Crippen molar-refractivity contribution in [3.63, 3.8) is 0 Å². The molecule has 2 fully saturated rings. The van der Waals surface area contributed by atoms with Gasteiger partial charge in [-0.05, 0) is 45.4 Å². The van der Waals surface area contributed by atoms with E-state index in [9.17, 15) is 9.18 Å². The zero-order chi connectivity index (χ0) is 21.3. The second-order valence-corrected chi connectivity index (χ2v) is 8.30. The summed E-state index contributed by atoms with van der Waals surface area (Å²) in [6.07, 6.45) is 5.68. The lowest BCUT2D eigenvalue weighted by Crippen LogP contribution is -2.40. The van der Waals surface area contributed by atoms with Crippen LogP contribution in [0.25, 0.3) is 11.0 Å². The van der Waals surface area contributed by atoms with Gasteiger partial charge >= 0.3 is 6.03 Å². The minimum atomic E-state index is -0.545. The second-order valence-electron chi connectivity index (χ2n) is 8.30. The van der Waals surface area contributed by atoms with Crippen LogP contribution in [0.5, 0.6) is 11.8 Å². The number of primary amides is 1. The molecule has 164 valence electrons. The average Bonchev–Trinajstić information content (AvgIpc) is 3.47. The third-order valence-electron chi connectivity index (χ3n) is 5.58. The quantitative estimate of drug-likeness (QED) is 0.684. The van der Waals surface area contributed by atoms with Crippen molar-refractivity contribution >= 4 is 17.1 Å². The summed E-state index contributed by atoms with van der Waals surface area (Å²) in [4.78, 5) is 15.3. The van der Waals surface area contributed by atoms with Crippen LogP contribution in [0.15, 0.2) is 12.1 Å². The normalized spacial score (nSPS) is 22.6. The highest BCUT2D eigenvalue weighted by Gasteiger charge is 2.27. The molecule has 30 heavy (non-hydrogen) atoms. The lowest BCUT2D eigenvalue weighted by atomic mass is 9.95. The smallest absolute Gasteiger partial charge is 0.312 e. The maximum Gasteiger partial charge on any atom is 0.312 e. The molecule has 2 aliphatic carbocycles. The van der Waals surface area contributed by atoms with Gasteiger partial charge in [0.2, 0.25) is 0 Å². The van der Waals surface area contributed by atoms with Crippen molar-refractivity contribution < 1.29 is 23.4 Å². The van der Waals surface area contributed by atoms with Gasteiger partial charge in [0.15, 0.2) is 11.6 Å². The first-order chi connectivity index (χ1) is 14.4. The highest BCUT2D eigenvalue weighted by Crippen LogP contribution is 2.33. The largest absolute Gasteiger partial charge is 0.487 e. The van der Waals surface area contributed by atoms with E-state index in [0.29, 0.717) is 18.1 Å². The number of ether oxygens (including phenoxy) is 3. The van der Waals surface area contributed by atoms with Gasteiger partial charge in [0.25, 0.3) is 6.01 Å². The summed E-state index contributed by atoms with van der Waals surface area (Å²) in [5.41, 5.74) is 6.46. The predicted octanol–water partition coefficient (Wildman–Crippen LogP) is 3.02. The summed E-state index contributed by atoms with van der Waals surface area (Å²) in [6, 6.07) is 2.93. The fourth-order valence-electron chi connectivity index (χ4n) is 3.76. The molecule has 2 aliphatic rings. The van der Waals surface area contributed by atoms with Gasteiger partial charge in [-0.25, -0.2) is 9.18 Å². The molecule has 0 saturated heterocycles. The molecule has 1 heterocycles. The summed E-state index contributed by atoms with van der Waals surface area (Å²) < 4.78 is 33.8. The van der Waals surface area contributed by atoms with Crippen molar-refractivity contribution in [3.05, 3.63) is 17.9 Å². The van der Waals surface area contributed by atoms with Crippen LogP contribution in [0.3, 0.4) is 0 Å². The first kappa shape index (κ1) is 20.7. The number of fused-ring (bicyclic) bond motifs is 1. The molecule has 4 rings (SSSR count). The molecule has 0 aliphatic heterocycles. The molecule has 9 heteroatoms. The lowest BCUT2D eigenvalue weighted by Gasteiger charge is -2.29. The van der Waals surface area contributed by atoms with Crippen molar-refractivity contribution in [2.75, 3.05) is 6.61 Å². The minimum Gasteiger partial charge on any atom is -0.487 e. The number of hydrogen-bond acceptors (Lipinski definition) is 5. The number of carbonyl (C=O) groups is 1. The fraction of sp³-hybridized carbons (Fsp3) is 0.619. The highest BCUT2D eigenvalue weighted by molar-refractivity contribution is 5.78. The number of nitrogens with one attached hydrogen (secondary N) is 1. The van der Waals surface area contributed by atoms with Crippen LogP contribution in [0, 0.1) is 5.82 Å². The monoisotopic (exact) mass is 420 g/mol. The molecule has 2 saturated carbocycles. The summed E-state index contributed by atoms with van der Waals surface area (Å²) in [7, 11) is 1.87. The van der Waals surface area contributed by atoms with Crippen molar-refractivity contribution in [2.24, 2.45) is 12.8 Å². The Morgan fingerprint density at radius 1 is 1.20 bits per heavy atom. The Balaban J connectivity index is 1.32. The molecule has 0 spiro atoms. The van der Waals surface area contributed by atoms with E-state index in [4.69, 9.17) is 19.9 Å². The van der Waals surface area contributed by atoms with Gasteiger partial charge < -0.3 is 25.3 Å². The molecule has 0 bridgehead atoms. The second kappa shape index (κ2) is 8.67. The lowest BCUT2D eigenvalue weighted by molar-refractivity contribution is -0.00549. The van der Waals surface area contributed by atoms with Gasteiger partial charge in [-0.3, -0.25) is 4.57 Å². The van der Waals surface area contributed by atoms with E-state index >= 15 is 0 Å². The van der Waals surface area contributed by atoms with Crippen LogP contribution in [0.4, 0.5) is 9.18 Å². The molecule has 1 aromatic heterocycles. The Morgan fingerprint density at radius 3 is 2.50 bits per heavy atom. The van der Waals surface area contributed by atoms with E-state index in [2.05, 4.69) is 10.3 Å². The number of nitrogens with zero attached hydrogens (tertiary/aromatic N) is 2. The molecule has 2 amide bonds. The third kappa shape index (κ3) is 4.95. The van der Waals surface area contributed by atoms with Gasteiger partial charge in [0.1, 0.15) is 6.10 Å². The Morgan fingerprint density at radius 2 is 1.83 bits per heavy atom. The standard InChI is InChI=1S/C21H29FN4O4/c1-12(24-20(23)27)11-28-13-3-5-15(6-4-13)30-21-25-17-9-16(22)19(29-14-7-8-14)10-18(17)26(21)2/h9-10,12-15H,3-8,11H2,1-2H3,(H3,23,24,27)/t12-,13-,15-/m0/s1. The zero-order valence-corrected chi connectivity index (χ0v) is 17.4. The van der Waals surface area contributed by atoms with E-state index in [1.54, 1.807) is 6.07 Å². The molecule has 0 unspecified atom stereocenters. The summed E-state index contributed by atoms with van der Waals surface area (Å²) in [6.45, 7) is 2.29. The van der Waals surface area contributed by atoms with Gasteiger partial charge in [0, 0.05) is 19.2 Å². The molecule has 0 radical (unpaired) electrons. The number of hydrogen-bond donors (Lipinski definition) is 2. The number of aryl methyl sites for hydroxylation is 1. The van der Waals surface area contributed by atoms with Crippen LogP contribution in [0.2, 0.25) is 0 Å². The molecule has 3 N–H and O–H groups in total. The molecule has 1 atom stereocenters. The number of aromatic nitrogens is 2. The number of amides is 2. The SMILES string of the molecule is C[C@@H](CO[C@H]1CC[C@H](Oc2nc3cc(F)c(OC4CC4)cc3n2C)CC1)NC(N)=O. The van der Waals surface area contributed by atoms with Gasteiger partial charge in [-0.15, -0.1) is 0 Å². The summed E-state index contributed by atoms with van der Waals surface area (Å²) in [5, 5.41) is 2.61. The van der Waals surface area contributed by atoms with Crippen molar-refractivity contribution in [3.8, 4) is 11.8 Å².